The van der Waals surface area contributed by atoms with Crippen LogP contribution in [0.3, 0.4) is 0 Å². The summed E-state index contributed by atoms with van der Waals surface area (Å²) in [6, 6.07) is 0.830. The van der Waals surface area contributed by atoms with Crippen molar-refractivity contribution >= 4 is 15.9 Å². The van der Waals surface area contributed by atoms with Gasteiger partial charge in [-0.15, -0.1) is 0 Å². The normalized spacial score (nSPS) is 24.9. The van der Waals surface area contributed by atoms with Crippen LogP contribution in [0.25, 0.3) is 0 Å². The van der Waals surface area contributed by atoms with Crippen LogP contribution >= 0.6 is 15.9 Å². The van der Waals surface area contributed by atoms with Crippen LogP contribution in [0.1, 0.15) is 72.1 Å². The fourth-order valence-electron chi connectivity index (χ4n) is 3.98. The molecule has 1 fully saturated rings. The third kappa shape index (κ3) is 5.38. The van der Waals surface area contributed by atoms with E-state index in [1.165, 1.54) is 57.9 Å². The lowest BCUT2D eigenvalue weighted by atomic mass is 9.79. The molecule has 2 unspecified atom stereocenters. The van der Waals surface area contributed by atoms with E-state index in [0.29, 0.717) is 5.41 Å². The molecule has 2 atom stereocenters. The smallest absolute Gasteiger partial charge is 0.0100 e. The third-order valence-electron chi connectivity index (χ3n) is 4.96. The van der Waals surface area contributed by atoms with E-state index in [1.54, 1.807) is 0 Å². The lowest BCUT2D eigenvalue weighted by Crippen LogP contribution is -2.44. The van der Waals surface area contributed by atoms with Gasteiger partial charge in [-0.05, 0) is 44.1 Å². The van der Waals surface area contributed by atoms with E-state index in [-0.39, 0.29) is 0 Å². The molecule has 0 aliphatic heterocycles. The third-order valence-corrected chi connectivity index (χ3v) is 6.15. The first-order chi connectivity index (χ1) is 9.06. The number of rotatable bonds is 8. The highest BCUT2D eigenvalue weighted by molar-refractivity contribution is 9.09. The summed E-state index contributed by atoms with van der Waals surface area (Å²) in [6.07, 6.45) is 11.0. The van der Waals surface area contributed by atoms with E-state index in [0.717, 1.165) is 17.3 Å². The highest BCUT2D eigenvalue weighted by atomic mass is 79.9. The predicted octanol–water partition coefficient (Wildman–Crippen LogP) is 5.48. The maximum atomic E-state index is 3.81. The molecule has 0 N–H and O–H groups in total. The molecule has 1 saturated carbocycles. The van der Waals surface area contributed by atoms with Crippen molar-refractivity contribution in [3.8, 4) is 0 Å². The maximum Gasteiger partial charge on any atom is 0.0100 e. The van der Waals surface area contributed by atoms with Gasteiger partial charge in [0.05, 0.1) is 0 Å². The fourth-order valence-corrected chi connectivity index (χ4v) is 4.72. The Bertz CT molecular complexity index is 235. The quantitative estimate of drug-likeness (QED) is 0.532. The van der Waals surface area contributed by atoms with Crippen molar-refractivity contribution in [1.82, 2.24) is 4.90 Å². The summed E-state index contributed by atoms with van der Waals surface area (Å²) in [5.41, 5.74) is 0.499. The predicted molar refractivity (Wildman–Crippen MR) is 90.1 cm³/mol. The molecule has 2 heteroatoms. The zero-order chi connectivity index (χ0) is 14.3. The van der Waals surface area contributed by atoms with Gasteiger partial charge in [0.15, 0.2) is 0 Å². The number of hydrogen-bond acceptors (Lipinski definition) is 1. The van der Waals surface area contributed by atoms with Crippen LogP contribution in [-0.2, 0) is 0 Å². The van der Waals surface area contributed by atoms with Crippen molar-refractivity contribution in [2.45, 2.75) is 78.2 Å². The summed E-state index contributed by atoms with van der Waals surface area (Å²) in [7, 11) is 2.37. The zero-order valence-electron chi connectivity index (χ0n) is 13.6. The van der Waals surface area contributed by atoms with Gasteiger partial charge in [0.25, 0.3) is 0 Å². The molecule has 0 aromatic heterocycles. The molecule has 0 spiro atoms. The van der Waals surface area contributed by atoms with Gasteiger partial charge >= 0.3 is 0 Å². The number of nitrogens with zero attached hydrogens (tertiary/aromatic N) is 1. The summed E-state index contributed by atoms with van der Waals surface area (Å²) in [4.78, 5) is 2.68. The summed E-state index contributed by atoms with van der Waals surface area (Å²) < 4.78 is 0. The minimum Gasteiger partial charge on any atom is -0.303 e. The van der Waals surface area contributed by atoms with E-state index in [1.807, 2.05) is 0 Å². The van der Waals surface area contributed by atoms with Crippen molar-refractivity contribution in [2.24, 2.45) is 11.3 Å². The largest absolute Gasteiger partial charge is 0.303 e. The van der Waals surface area contributed by atoms with Crippen molar-refractivity contribution in [3.63, 3.8) is 0 Å². The SMILES string of the molecule is CCCC(CBr)(CCC)CN(C)C1CCCC(C)C1. The zero-order valence-corrected chi connectivity index (χ0v) is 15.1. The van der Waals surface area contributed by atoms with Crippen molar-refractivity contribution < 1.29 is 0 Å². The van der Waals surface area contributed by atoms with E-state index >= 15 is 0 Å². The molecule has 19 heavy (non-hydrogen) atoms. The van der Waals surface area contributed by atoms with E-state index < -0.39 is 0 Å². The Morgan fingerprint density at radius 3 is 2.26 bits per heavy atom. The second kappa shape index (κ2) is 8.67. The van der Waals surface area contributed by atoms with Crippen LogP contribution in [0.15, 0.2) is 0 Å². The van der Waals surface area contributed by atoms with Gasteiger partial charge < -0.3 is 4.90 Å². The van der Waals surface area contributed by atoms with E-state index in [2.05, 4.69) is 48.6 Å². The van der Waals surface area contributed by atoms with Gasteiger partial charge in [-0.25, -0.2) is 0 Å². The average molecular weight is 332 g/mol. The fraction of sp³-hybridized carbons (Fsp3) is 1.00. The summed E-state index contributed by atoms with van der Waals surface area (Å²) in [6.45, 7) is 8.36. The van der Waals surface area contributed by atoms with Crippen molar-refractivity contribution in [1.29, 1.82) is 0 Å². The minimum atomic E-state index is 0.499. The molecule has 0 aromatic carbocycles. The molecule has 0 aromatic rings. The topological polar surface area (TPSA) is 3.24 Å². The summed E-state index contributed by atoms with van der Waals surface area (Å²) in [5.74, 6) is 0.928. The van der Waals surface area contributed by atoms with E-state index in [9.17, 15) is 0 Å². The highest BCUT2D eigenvalue weighted by Crippen LogP contribution is 2.35. The Balaban J connectivity index is 2.60. The Morgan fingerprint density at radius 1 is 1.16 bits per heavy atom. The van der Waals surface area contributed by atoms with Gasteiger partial charge in [-0.1, -0.05) is 62.4 Å². The minimum absolute atomic E-state index is 0.499. The molecule has 1 nitrogen and oxygen atoms in total. The first kappa shape index (κ1) is 17.5. The monoisotopic (exact) mass is 331 g/mol. The first-order valence-electron chi connectivity index (χ1n) is 8.33. The molecule has 0 saturated heterocycles. The van der Waals surface area contributed by atoms with Crippen molar-refractivity contribution in [2.75, 3.05) is 18.9 Å². The van der Waals surface area contributed by atoms with Crippen LogP contribution in [0.2, 0.25) is 0 Å². The molecule has 0 heterocycles. The van der Waals surface area contributed by atoms with Crippen LogP contribution in [0.4, 0.5) is 0 Å². The molecular formula is C17H34BrN. The average Bonchev–Trinajstić information content (AvgIpc) is 2.39. The molecule has 1 aliphatic carbocycles. The summed E-state index contributed by atoms with van der Waals surface area (Å²) in [5, 5.41) is 1.16. The standard InChI is InChI=1S/C17H34BrN/c1-5-10-17(13-18,11-6-2)14-19(4)16-9-7-8-15(3)12-16/h15-16H,5-14H2,1-4H3. The molecule has 0 bridgehead atoms. The van der Waals surface area contributed by atoms with Gasteiger partial charge in [0.1, 0.15) is 0 Å². The van der Waals surface area contributed by atoms with Crippen LogP contribution in [-0.4, -0.2) is 29.9 Å². The molecule has 1 aliphatic rings. The van der Waals surface area contributed by atoms with Gasteiger partial charge in [-0.2, -0.15) is 0 Å². The van der Waals surface area contributed by atoms with Crippen molar-refractivity contribution in [3.05, 3.63) is 0 Å². The van der Waals surface area contributed by atoms with Gasteiger partial charge in [0.2, 0.25) is 0 Å². The number of alkyl halides is 1. The number of hydrogen-bond donors (Lipinski definition) is 0. The van der Waals surface area contributed by atoms with Gasteiger partial charge in [-0.3, -0.25) is 0 Å². The second-order valence-corrected chi connectivity index (χ2v) is 7.54. The van der Waals surface area contributed by atoms with Crippen LogP contribution in [0.5, 0.6) is 0 Å². The van der Waals surface area contributed by atoms with Gasteiger partial charge in [0, 0.05) is 17.9 Å². The Labute approximate surface area is 129 Å². The Hall–Kier alpha value is 0.440. The Morgan fingerprint density at radius 2 is 1.79 bits per heavy atom. The Kier molecular flexibility index (Phi) is 7.98. The molecular weight excluding hydrogens is 298 g/mol. The maximum absolute atomic E-state index is 3.81. The number of halogens is 1. The molecule has 0 radical (unpaired) electrons. The second-order valence-electron chi connectivity index (χ2n) is 6.97. The van der Waals surface area contributed by atoms with E-state index in [4.69, 9.17) is 0 Å². The molecule has 1 rings (SSSR count). The highest BCUT2D eigenvalue weighted by Gasteiger charge is 2.32. The molecule has 0 amide bonds. The molecule has 114 valence electrons. The lowest BCUT2D eigenvalue weighted by molar-refractivity contribution is 0.0997. The van der Waals surface area contributed by atoms with Crippen LogP contribution < -0.4 is 0 Å². The lowest BCUT2D eigenvalue weighted by Gasteiger charge is -2.41. The first-order valence-corrected chi connectivity index (χ1v) is 9.45. The summed E-state index contributed by atoms with van der Waals surface area (Å²) >= 11 is 3.81. The van der Waals surface area contributed by atoms with Crippen LogP contribution in [0, 0.1) is 11.3 Å².